The van der Waals surface area contributed by atoms with Crippen LogP contribution in [0.15, 0.2) is 47.1 Å². The van der Waals surface area contributed by atoms with Crippen LogP contribution in [0.1, 0.15) is 18.7 Å². The van der Waals surface area contributed by atoms with E-state index in [0.717, 1.165) is 5.76 Å². The van der Waals surface area contributed by atoms with E-state index < -0.39 is 17.8 Å². The molecule has 3 amide bonds. The lowest BCUT2D eigenvalue weighted by Gasteiger charge is -2.09. The Kier molecular flexibility index (Phi) is 5.26. The van der Waals surface area contributed by atoms with Gasteiger partial charge in [0.25, 0.3) is 5.91 Å². The second-order valence-corrected chi connectivity index (χ2v) is 4.73. The lowest BCUT2D eigenvalue weighted by Crippen LogP contribution is -2.87. The average Bonchev–Trinajstić information content (AvgIpc) is 3.01. The number of quaternary nitrogens is 1. The highest BCUT2D eigenvalue weighted by atomic mass is 19.1. The second-order valence-electron chi connectivity index (χ2n) is 4.73. The number of nitrogens with two attached hydrogens (primary N) is 1. The molecule has 0 fully saturated rings. The zero-order valence-electron chi connectivity index (χ0n) is 12.0. The first-order chi connectivity index (χ1) is 10.6. The van der Waals surface area contributed by atoms with Crippen LogP contribution >= 0.6 is 0 Å². The Labute approximate surface area is 126 Å². The summed E-state index contributed by atoms with van der Waals surface area (Å²) in [4.78, 5) is 23.3. The van der Waals surface area contributed by atoms with E-state index in [1.54, 1.807) is 23.7 Å². The minimum Gasteiger partial charge on any atom is -0.463 e. The Bertz CT molecular complexity index is 643. The highest BCUT2D eigenvalue weighted by Gasteiger charge is 2.15. The molecule has 1 atom stereocenters. The Balaban J connectivity index is 1.77. The number of imide groups is 1. The number of rotatable bonds is 5. The van der Waals surface area contributed by atoms with Crippen molar-refractivity contribution in [2.75, 3.05) is 11.9 Å². The van der Waals surface area contributed by atoms with Gasteiger partial charge in [0.2, 0.25) is 0 Å². The number of hydrogen-bond donors (Lipinski definition) is 3. The normalized spacial score (nSPS) is 11.7. The van der Waals surface area contributed by atoms with Crippen molar-refractivity contribution < 1.29 is 23.7 Å². The molecular formula is C15H17FN3O3+. The molecule has 0 unspecified atom stereocenters. The molecule has 0 aliphatic heterocycles. The van der Waals surface area contributed by atoms with Crippen LogP contribution < -0.4 is 16.0 Å². The first kappa shape index (κ1) is 15.7. The molecule has 0 spiro atoms. The number of carbonyl (C=O) groups is 2. The molecule has 2 rings (SSSR count). The smallest absolute Gasteiger partial charge is 0.326 e. The quantitative estimate of drug-likeness (QED) is 0.780. The maximum atomic E-state index is 13.4. The number of para-hydroxylation sites is 1. The van der Waals surface area contributed by atoms with Crippen LogP contribution in [0.2, 0.25) is 0 Å². The Morgan fingerprint density at radius 3 is 2.73 bits per heavy atom. The Morgan fingerprint density at radius 1 is 1.27 bits per heavy atom. The third-order valence-electron chi connectivity index (χ3n) is 3.02. The highest BCUT2D eigenvalue weighted by molar-refractivity contribution is 6.01. The van der Waals surface area contributed by atoms with Gasteiger partial charge in [0.05, 0.1) is 12.0 Å². The third kappa shape index (κ3) is 4.42. The van der Waals surface area contributed by atoms with Crippen molar-refractivity contribution in [1.82, 2.24) is 5.32 Å². The largest absolute Gasteiger partial charge is 0.463 e. The van der Waals surface area contributed by atoms with Gasteiger partial charge in [0.15, 0.2) is 12.3 Å². The van der Waals surface area contributed by atoms with Crippen molar-refractivity contribution in [1.29, 1.82) is 0 Å². The van der Waals surface area contributed by atoms with Gasteiger partial charge in [-0.15, -0.1) is 0 Å². The van der Waals surface area contributed by atoms with Crippen LogP contribution in [0, 0.1) is 5.82 Å². The number of carbonyl (C=O) groups excluding carboxylic acids is 2. The molecule has 0 saturated heterocycles. The van der Waals surface area contributed by atoms with Gasteiger partial charge in [0.1, 0.15) is 11.9 Å². The summed E-state index contributed by atoms with van der Waals surface area (Å²) in [5, 5.41) is 6.14. The number of urea groups is 1. The van der Waals surface area contributed by atoms with Gasteiger partial charge in [0, 0.05) is 0 Å². The predicted octanol–water partition coefficient (Wildman–Crippen LogP) is 1.39. The minimum atomic E-state index is -0.769. The van der Waals surface area contributed by atoms with Crippen LogP contribution in [0.3, 0.4) is 0 Å². The molecule has 1 aromatic carbocycles. The molecule has 0 aliphatic carbocycles. The lowest BCUT2D eigenvalue weighted by atomic mass is 10.2. The van der Waals surface area contributed by atoms with Crippen molar-refractivity contribution in [3.05, 3.63) is 54.2 Å². The summed E-state index contributed by atoms with van der Waals surface area (Å²) in [5.74, 6) is -0.307. The zero-order chi connectivity index (χ0) is 15.9. The van der Waals surface area contributed by atoms with Gasteiger partial charge in [-0.25, -0.2) is 9.18 Å². The van der Waals surface area contributed by atoms with E-state index in [4.69, 9.17) is 4.42 Å². The van der Waals surface area contributed by atoms with Gasteiger partial charge in [-0.1, -0.05) is 12.1 Å². The van der Waals surface area contributed by atoms with Gasteiger partial charge in [-0.05, 0) is 31.2 Å². The van der Waals surface area contributed by atoms with E-state index in [2.05, 4.69) is 10.6 Å². The first-order valence-corrected chi connectivity index (χ1v) is 6.78. The number of nitrogens with one attached hydrogen (secondary N) is 2. The predicted molar refractivity (Wildman–Crippen MR) is 77.5 cm³/mol. The van der Waals surface area contributed by atoms with Crippen molar-refractivity contribution in [2.45, 2.75) is 13.0 Å². The van der Waals surface area contributed by atoms with Crippen LogP contribution in [0.5, 0.6) is 0 Å². The number of furan rings is 1. The van der Waals surface area contributed by atoms with Crippen LogP contribution in [0.25, 0.3) is 0 Å². The van der Waals surface area contributed by atoms with E-state index >= 15 is 0 Å². The number of halogens is 1. The van der Waals surface area contributed by atoms with E-state index in [9.17, 15) is 14.0 Å². The highest BCUT2D eigenvalue weighted by Crippen LogP contribution is 2.11. The summed E-state index contributed by atoms with van der Waals surface area (Å²) >= 11 is 0. The van der Waals surface area contributed by atoms with Crippen LogP contribution in [-0.4, -0.2) is 18.5 Å². The molecule has 0 aliphatic rings. The zero-order valence-corrected chi connectivity index (χ0v) is 12.0. The van der Waals surface area contributed by atoms with E-state index in [-0.39, 0.29) is 18.3 Å². The molecular weight excluding hydrogens is 289 g/mol. The van der Waals surface area contributed by atoms with E-state index in [1.165, 1.54) is 18.2 Å². The molecule has 116 valence electrons. The maximum Gasteiger partial charge on any atom is 0.326 e. The lowest BCUT2D eigenvalue weighted by molar-refractivity contribution is -0.684. The standard InChI is InChI=1S/C15H16FN3O3/c1-10(13-7-4-8-22-13)17-9-14(20)19-15(21)18-12-6-3-2-5-11(12)16/h2-8,10,17H,9H2,1H3,(H2,18,19,20,21)/p+1/t10-/m1/s1. The number of hydrogen-bond acceptors (Lipinski definition) is 3. The summed E-state index contributed by atoms with van der Waals surface area (Å²) < 4.78 is 18.6. The molecule has 22 heavy (non-hydrogen) atoms. The maximum absolute atomic E-state index is 13.4. The molecule has 4 N–H and O–H groups in total. The summed E-state index contributed by atoms with van der Waals surface area (Å²) in [6, 6.07) is 8.48. The topological polar surface area (TPSA) is 88.0 Å². The molecule has 0 radical (unpaired) electrons. The minimum absolute atomic E-state index is 0.0146. The molecule has 6 nitrogen and oxygen atoms in total. The van der Waals surface area contributed by atoms with Crippen molar-refractivity contribution in [3.8, 4) is 0 Å². The van der Waals surface area contributed by atoms with Gasteiger partial charge < -0.3 is 15.1 Å². The third-order valence-corrected chi connectivity index (χ3v) is 3.02. The van der Waals surface area contributed by atoms with Gasteiger partial charge in [-0.2, -0.15) is 0 Å². The van der Waals surface area contributed by atoms with Crippen molar-refractivity contribution >= 4 is 17.6 Å². The number of benzene rings is 1. The van der Waals surface area contributed by atoms with Crippen molar-refractivity contribution in [3.63, 3.8) is 0 Å². The molecule has 0 bridgehead atoms. The second kappa shape index (κ2) is 7.37. The average molecular weight is 306 g/mol. The van der Waals surface area contributed by atoms with E-state index in [1.807, 2.05) is 13.0 Å². The fourth-order valence-electron chi connectivity index (χ4n) is 1.84. The van der Waals surface area contributed by atoms with Crippen molar-refractivity contribution in [2.24, 2.45) is 0 Å². The molecule has 7 heteroatoms. The van der Waals surface area contributed by atoms with Gasteiger partial charge in [-0.3, -0.25) is 10.1 Å². The summed E-state index contributed by atoms with van der Waals surface area (Å²) in [7, 11) is 0. The Morgan fingerprint density at radius 2 is 2.05 bits per heavy atom. The first-order valence-electron chi connectivity index (χ1n) is 6.78. The summed E-state index contributed by atoms with van der Waals surface area (Å²) in [5.41, 5.74) is 0.0146. The Hall–Kier alpha value is -2.67. The fraction of sp³-hybridized carbons (Fsp3) is 0.200. The summed E-state index contributed by atoms with van der Waals surface area (Å²) in [6.45, 7) is 1.93. The molecule has 0 saturated carbocycles. The molecule has 2 aromatic rings. The monoisotopic (exact) mass is 306 g/mol. The van der Waals surface area contributed by atoms with E-state index in [0.29, 0.717) is 0 Å². The number of amides is 3. The molecule has 1 heterocycles. The summed E-state index contributed by atoms with van der Waals surface area (Å²) in [6.07, 6.45) is 1.56. The van der Waals surface area contributed by atoms with Crippen LogP contribution in [0.4, 0.5) is 14.9 Å². The number of anilines is 1. The van der Waals surface area contributed by atoms with Crippen LogP contribution in [-0.2, 0) is 4.79 Å². The SMILES string of the molecule is C[C@@H]([NH2+]CC(=O)NC(=O)Nc1ccccc1F)c1ccco1. The van der Waals surface area contributed by atoms with Gasteiger partial charge >= 0.3 is 6.03 Å². The fourth-order valence-corrected chi connectivity index (χ4v) is 1.84. The molecule has 1 aromatic heterocycles.